The maximum atomic E-state index is 14.7. The fourth-order valence-electron chi connectivity index (χ4n) is 11.0. The van der Waals surface area contributed by atoms with E-state index in [2.05, 4.69) is 47.5 Å². The molecule has 2 aliphatic heterocycles. The topological polar surface area (TPSA) is 519 Å². The molecule has 10 atom stereocenters. The number of nitrogens with one attached hydrogen (secondary N) is 8. The molecule has 0 spiro atoms. The number of rotatable bonds is 42. The van der Waals surface area contributed by atoms with E-state index in [1.165, 1.54) is 21.6 Å². The van der Waals surface area contributed by atoms with Crippen molar-refractivity contribution in [3.05, 3.63) is 71.8 Å². The average molecular weight is 1350 g/mol. The number of guanidine groups is 1. The van der Waals surface area contributed by atoms with Crippen LogP contribution in [0.2, 0.25) is 0 Å². The van der Waals surface area contributed by atoms with E-state index in [0.717, 1.165) is 0 Å². The average Bonchev–Trinajstić information content (AvgIpc) is 1.74. The van der Waals surface area contributed by atoms with E-state index >= 15 is 0 Å². The second kappa shape index (κ2) is 41.0. The Hall–Kier alpha value is -8.91. The zero-order valence-corrected chi connectivity index (χ0v) is 55.3. The number of aliphatic imine (C=N–C) groups is 1. The molecule has 0 aliphatic carbocycles. The second-order valence-electron chi connectivity index (χ2n) is 24.1. The lowest BCUT2D eigenvalue weighted by Gasteiger charge is -2.32. The maximum absolute atomic E-state index is 14.7. The third-order valence-corrected chi connectivity index (χ3v) is 16.7. The zero-order chi connectivity index (χ0) is 70.1. The Bertz CT molecular complexity index is 2960. The summed E-state index contributed by atoms with van der Waals surface area (Å²) in [6, 6.07) is 4.51. The van der Waals surface area contributed by atoms with Crippen molar-refractivity contribution in [1.29, 1.82) is 0 Å². The summed E-state index contributed by atoms with van der Waals surface area (Å²) in [5.74, 6) is -9.80. The van der Waals surface area contributed by atoms with Gasteiger partial charge in [0.2, 0.25) is 76.8 Å². The highest BCUT2D eigenvalue weighted by molar-refractivity contribution is 7.98. The molecule has 0 bridgehead atoms. The number of benzene rings is 2. The molecule has 2 fully saturated rings. The molecule has 95 heavy (non-hydrogen) atoms. The van der Waals surface area contributed by atoms with Crippen molar-refractivity contribution in [2.75, 3.05) is 44.7 Å². The molecule has 0 unspecified atom stereocenters. The summed E-state index contributed by atoms with van der Waals surface area (Å²) in [6.07, 6.45) is 3.12. The molecule has 524 valence electrons. The van der Waals surface area contributed by atoms with Gasteiger partial charge in [-0.25, -0.2) is 0 Å². The Kier molecular flexibility index (Phi) is 33.9. The fraction of sp³-hybridized carbons (Fsp3) is 0.587. The van der Waals surface area contributed by atoms with Crippen LogP contribution in [-0.2, 0) is 75.2 Å². The molecular weight excluding hydrogens is 1250 g/mol. The van der Waals surface area contributed by atoms with Crippen LogP contribution in [-0.4, -0.2) is 198 Å². The summed E-state index contributed by atoms with van der Waals surface area (Å²) in [7, 11) is 0. The van der Waals surface area contributed by atoms with Crippen molar-refractivity contribution < 1.29 is 62.3 Å². The van der Waals surface area contributed by atoms with E-state index in [0.29, 0.717) is 55.4 Å². The molecule has 31 nitrogen and oxygen atoms in total. The van der Waals surface area contributed by atoms with Gasteiger partial charge >= 0.3 is 0 Å². The third-order valence-electron chi connectivity index (χ3n) is 16.0. The summed E-state index contributed by atoms with van der Waals surface area (Å²) >= 11 is 1.45. The van der Waals surface area contributed by atoms with E-state index in [1.807, 2.05) is 20.1 Å². The van der Waals surface area contributed by atoms with Crippen LogP contribution in [0.3, 0.4) is 0 Å². The highest BCUT2D eigenvalue weighted by atomic mass is 32.2. The quantitative estimate of drug-likeness (QED) is 0.0173. The molecule has 0 aromatic heterocycles. The monoisotopic (exact) mass is 1350 g/mol. The van der Waals surface area contributed by atoms with Crippen LogP contribution in [0.15, 0.2) is 65.7 Å². The fourth-order valence-corrected chi connectivity index (χ4v) is 11.5. The summed E-state index contributed by atoms with van der Waals surface area (Å²) < 4.78 is 0. The van der Waals surface area contributed by atoms with Crippen LogP contribution in [0.5, 0.6) is 0 Å². The number of nitrogens with zero attached hydrogens (tertiary/aromatic N) is 3. The minimum Gasteiger partial charge on any atom is -0.370 e. The van der Waals surface area contributed by atoms with E-state index in [9.17, 15) is 62.3 Å². The number of primary amides is 3. The molecule has 0 saturated carbocycles. The van der Waals surface area contributed by atoms with Gasteiger partial charge in [-0.1, -0.05) is 74.5 Å². The van der Waals surface area contributed by atoms with Gasteiger partial charge in [-0.05, 0) is 119 Å². The normalized spacial score (nSPS) is 16.8. The lowest BCUT2D eigenvalue weighted by atomic mass is 10.0. The molecule has 2 aliphatic rings. The molecule has 2 heterocycles. The lowest BCUT2D eigenvalue weighted by molar-refractivity contribution is -0.144. The number of nitrogens with two attached hydrogens (primary N) is 7. The lowest BCUT2D eigenvalue weighted by Crippen LogP contribution is -2.60. The predicted molar refractivity (Wildman–Crippen MR) is 356 cm³/mol. The van der Waals surface area contributed by atoms with E-state index < -0.39 is 169 Å². The first-order chi connectivity index (χ1) is 45.2. The van der Waals surface area contributed by atoms with Crippen molar-refractivity contribution in [3.63, 3.8) is 0 Å². The molecule has 13 amide bonds. The van der Waals surface area contributed by atoms with Crippen LogP contribution in [0, 0.1) is 5.92 Å². The third kappa shape index (κ3) is 27.5. The second-order valence-corrected chi connectivity index (χ2v) is 25.1. The largest absolute Gasteiger partial charge is 0.370 e. The number of amides is 13. The Morgan fingerprint density at radius 1 is 0.537 bits per heavy atom. The summed E-state index contributed by atoms with van der Waals surface area (Å²) in [5, 5.41) is 21.1. The van der Waals surface area contributed by atoms with Crippen LogP contribution in [0.1, 0.15) is 121 Å². The molecular formula is C63H98N18O13S. The minimum atomic E-state index is -1.64. The number of thioether (sulfide) groups is 1. The van der Waals surface area contributed by atoms with Gasteiger partial charge < -0.3 is 92.5 Å². The molecule has 2 saturated heterocycles. The maximum Gasteiger partial charge on any atom is 0.245 e. The highest BCUT2D eigenvalue weighted by Gasteiger charge is 2.42. The molecule has 2 aromatic rings. The van der Waals surface area contributed by atoms with Crippen molar-refractivity contribution in [2.45, 2.75) is 183 Å². The molecule has 2 aromatic carbocycles. The number of carbonyl (C=O) groups is 13. The van der Waals surface area contributed by atoms with E-state index in [1.54, 1.807) is 60.7 Å². The SMILES string of the molecule is CSCC[C@H](NC(=O)[C@H](CC(C)C)NC(=O)CNC(=O)[C@H](Cc1ccccc1)NC(=O)[C@H](Cc1ccccc1)NC(=O)[C@H](CCC(N)=O)NC(=O)[C@H](CCC(N)=O)NC(=O)[C@@H]1CCCN1C(=O)[C@@H](CCCCN)NC(=O)[C@H]1CCCN1C(=O)[C@H](N)CCCN=C(N)N)C(N)=O. The van der Waals surface area contributed by atoms with Crippen LogP contribution < -0.4 is 82.7 Å². The number of hydrogen-bond donors (Lipinski definition) is 15. The number of carbonyl (C=O) groups excluding carboxylic acids is 13. The first-order valence-corrected chi connectivity index (χ1v) is 33.6. The number of hydrogen-bond acceptors (Lipinski definition) is 17. The van der Waals surface area contributed by atoms with Gasteiger partial charge in [0.25, 0.3) is 0 Å². The molecule has 0 radical (unpaired) electrons. The summed E-state index contributed by atoms with van der Waals surface area (Å²) in [5.41, 5.74) is 40.6. The van der Waals surface area contributed by atoms with Crippen molar-refractivity contribution in [1.82, 2.24) is 52.3 Å². The minimum absolute atomic E-state index is 0.0736. The van der Waals surface area contributed by atoms with Crippen molar-refractivity contribution in [3.8, 4) is 0 Å². The van der Waals surface area contributed by atoms with Gasteiger partial charge in [0, 0.05) is 45.3 Å². The Morgan fingerprint density at radius 2 is 1.01 bits per heavy atom. The smallest absolute Gasteiger partial charge is 0.245 e. The van der Waals surface area contributed by atoms with Gasteiger partial charge in [-0.3, -0.25) is 67.3 Å². The van der Waals surface area contributed by atoms with E-state index in [-0.39, 0.29) is 83.0 Å². The number of unbranched alkanes of at least 4 members (excludes halogenated alkanes) is 1. The van der Waals surface area contributed by atoms with Gasteiger partial charge in [0.15, 0.2) is 5.96 Å². The predicted octanol–water partition coefficient (Wildman–Crippen LogP) is -3.71. The van der Waals surface area contributed by atoms with Crippen LogP contribution >= 0.6 is 11.8 Å². The zero-order valence-electron chi connectivity index (χ0n) is 54.5. The summed E-state index contributed by atoms with van der Waals surface area (Å²) in [4.78, 5) is 185. The van der Waals surface area contributed by atoms with Gasteiger partial charge in [0.1, 0.15) is 54.4 Å². The van der Waals surface area contributed by atoms with Crippen LogP contribution in [0.4, 0.5) is 0 Å². The molecule has 22 N–H and O–H groups in total. The summed E-state index contributed by atoms with van der Waals surface area (Å²) in [6.45, 7) is 3.86. The highest BCUT2D eigenvalue weighted by Crippen LogP contribution is 2.24. The van der Waals surface area contributed by atoms with Gasteiger partial charge in [-0.2, -0.15) is 11.8 Å². The van der Waals surface area contributed by atoms with Crippen molar-refractivity contribution in [2.24, 2.45) is 51.0 Å². The Labute approximate surface area is 558 Å². The first-order valence-electron chi connectivity index (χ1n) is 32.2. The first kappa shape index (κ1) is 78.5. The van der Waals surface area contributed by atoms with Crippen molar-refractivity contribution >= 4 is 94.5 Å². The standard InChI is InChI=1S/C63H98N18O13S/c1-37(2)33-45(57(89)74-41(53(68)85)27-32-95-3)73-52(84)36-72-54(86)46(34-38-15-6-4-7-16-38)78-58(90)47(35-39-17-8-5-9-18-39)79-56(88)42(23-25-50(66)82)75-55(87)43(24-26-51(67)83)76-59(91)49-22-14-31-81(49)62(94)44(20-10-11-28-64)77-60(92)48-21-13-30-80(48)61(93)40(65)19-12-29-71-63(69)70/h4-9,15-18,37,40-49H,10-14,19-36,64-65H2,1-3H3,(H2,66,82)(H2,67,83)(H2,68,85)(H,72,86)(H,73,84)(H,74,89)(H,75,87)(H,76,91)(H,77,92)(H,78,90)(H,79,88)(H4,69,70,71)/t40-,41+,42+,43+,44-,45+,46+,47+,48-,49+/m1/s1. The van der Waals surface area contributed by atoms with Gasteiger partial charge in [-0.15, -0.1) is 0 Å². The Morgan fingerprint density at radius 3 is 1.51 bits per heavy atom. The molecule has 32 heteroatoms. The van der Waals surface area contributed by atoms with E-state index in [4.69, 9.17) is 40.1 Å². The Balaban J connectivity index is 1.56. The molecule has 4 rings (SSSR count). The number of likely N-dealkylation sites (tertiary alicyclic amines) is 2. The van der Waals surface area contributed by atoms with Crippen LogP contribution in [0.25, 0.3) is 0 Å². The van der Waals surface area contributed by atoms with Gasteiger partial charge in [0.05, 0.1) is 12.6 Å².